The van der Waals surface area contributed by atoms with Crippen LogP contribution in [0.4, 0.5) is 0 Å². The molecule has 5 heteroatoms. The molecule has 0 bridgehead atoms. The molecule has 0 saturated carbocycles. The molecule has 0 aliphatic rings. The van der Waals surface area contributed by atoms with Crippen molar-refractivity contribution in [2.24, 2.45) is 0 Å². The molecule has 0 radical (unpaired) electrons. The molecule has 0 fully saturated rings. The molecule has 0 atom stereocenters. The molecule has 12 rings (SSSR count). The van der Waals surface area contributed by atoms with Gasteiger partial charge in [-0.1, -0.05) is 97.1 Å². The second-order valence-electron chi connectivity index (χ2n) is 15.1. The summed E-state index contributed by atoms with van der Waals surface area (Å²) in [6, 6.07) is 69.5. The molecule has 0 amide bonds. The average Bonchev–Trinajstić information content (AvgIpc) is 3.94. The monoisotopic (exact) mass is 751 g/mol. The topological polar surface area (TPSA) is 51.5 Å². The number of benzene rings is 8. The van der Waals surface area contributed by atoms with Gasteiger partial charge in [-0.25, -0.2) is 0 Å². The van der Waals surface area contributed by atoms with Crippen molar-refractivity contribution in [3.8, 4) is 45.4 Å². The first-order valence-electron chi connectivity index (χ1n) is 19.8. The molecule has 4 aromatic heterocycles. The van der Waals surface area contributed by atoms with E-state index < -0.39 is 0 Å². The summed E-state index contributed by atoms with van der Waals surface area (Å²) >= 11 is 0. The summed E-state index contributed by atoms with van der Waals surface area (Å²) in [5, 5.41) is 17.4. The smallest absolute Gasteiger partial charge is 0.0998 e. The van der Waals surface area contributed by atoms with Gasteiger partial charge in [-0.05, 0) is 102 Å². The highest BCUT2D eigenvalue weighted by molar-refractivity contribution is 6.14. The molecule has 0 unspecified atom stereocenters. The van der Waals surface area contributed by atoms with E-state index in [0.717, 1.165) is 50.3 Å². The Kier molecular flexibility index (Phi) is 7.22. The summed E-state index contributed by atoms with van der Waals surface area (Å²) in [7, 11) is 0. The van der Waals surface area contributed by atoms with E-state index in [1.807, 2.05) is 30.5 Å². The Morgan fingerprint density at radius 2 is 0.797 bits per heavy atom. The maximum absolute atomic E-state index is 10.1. The number of hydrogen-bond acceptors (Lipinski definition) is 2. The van der Waals surface area contributed by atoms with Gasteiger partial charge < -0.3 is 13.7 Å². The minimum Gasteiger partial charge on any atom is -0.309 e. The van der Waals surface area contributed by atoms with E-state index in [1.54, 1.807) is 6.20 Å². The summed E-state index contributed by atoms with van der Waals surface area (Å²) in [5.74, 6) is 0. The number of fused-ring (bicyclic) bond motifs is 9. The van der Waals surface area contributed by atoms with Crippen LogP contribution in [0.3, 0.4) is 0 Å². The Balaban J connectivity index is 1.08. The molecule has 0 aliphatic carbocycles. The fraction of sp³-hybridized carbons (Fsp3) is 0. The Hall–Kier alpha value is -8.20. The first-order chi connectivity index (χ1) is 29.2. The molecule has 59 heavy (non-hydrogen) atoms. The zero-order chi connectivity index (χ0) is 39.0. The highest BCUT2D eigenvalue weighted by atomic mass is 15.0. The van der Waals surface area contributed by atoms with Crippen LogP contribution in [0.15, 0.2) is 200 Å². The fourth-order valence-corrected chi connectivity index (χ4v) is 9.34. The number of nitrogens with zero attached hydrogens (tertiary/aromatic N) is 5. The van der Waals surface area contributed by atoms with Crippen LogP contribution in [0.2, 0.25) is 0 Å². The summed E-state index contributed by atoms with van der Waals surface area (Å²) in [6.45, 7) is 0. The molecule has 8 aromatic carbocycles. The molecule has 4 heterocycles. The standard InChI is InChI=1S/C54H33N5/c55-33-37-20-19-36(38-10-9-29-56-34-38)30-46(37)35-21-23-39(24-22-35)57-53-27-25-40(58-49-15-5-1-11-42(49)43-12-2-6-16-50(43)58)31-47(53)48-32-41(26-28-54(48)57)59-51-17-7-3-13-44(51)45-14-4-8-18-52(45)59/h1-32,34H. The molecular formula is C54H33N5. The van der Waals surface area contributed by atoms with Gasteiger partial charge in [0.15, 0.2) is 0 Å². The van der Waals surface area contributed by atoms with Gasteiger partial charge in [-0.15, -0.1) is 0 Å². The number of nitriles is 1. The summed E-state index contributed by atoms with van der Waals surface area (Å²) in [6.07, 6.45) is 3.63. The SMILES string of the molecule is N#Cc1ccc(-c2cccnc2)cc1-c1ccc(-n2c3ccc(-n4c5ccccc5c5ccccc54)cc3c3cc(-n4c5ccccc5c5ccccc54)ccc32)cc1. The second kappa shape index (κ2) is 12.9. The van der Waals surface area contributed by atoms with E-state index in [1.165, 1.54) is 54.4 Å². The minimum absolute atomic E-state index is 0.637. The maximum atomic E-state index is 10.1. The highest BCUT2D eigenvalue weighted by Crippen LogP contribution is 2.40. The predicted octanol–water partition coefficient (Wildman–Crippen LogP) is 13.6. The maximum Gasteiger partial charge on any atom is 0.0998 e. The van der Waals surface area contributed by atoms with Crippen molar-refractivity contribution in [1.82, 2.24) is 18.7 Å². The van der Waals surface area contributed by atoms with Crippen molar-refractivity contribution in [3.63, 3.8) is 0 Å². The largest absolute Gasteiger partial charge is 0.309 e. The van der Waals surface area contributed by atoms with Gasteiger partial charge in [0.1, 0.15) is 0 Å². The van der Waals surface area contributed by atoms with Crippen LogP contribution in [0.1, 0.15) is 5.56 Å². The molecule has 0 N–H and O–H groups in total. The van der Waals surface area contributed by atoms with Gasteiger partial charge in [0.25, 0.3) is 0 Å². The van der Waals surface area contributed by atoms with Gasteiger partial charge in [-0.3, -0.25) is 4.98 Å². The van der Waals surface area contributed by atoms with Crippen molar-refractivity contribution in [2.45, 2.75) is 0 Å². The summed E-state index contributed by atoms with van der Waals surface area (Å²) in [4.78, 5) is 4.32. The number of hydrogen-bond donors (Lipinski definition) is 0. The predicted molar refractivity (Wildman–Crippen MR) is 243 cm³/mol. The summed E-state index contributed by atoms with van der Waals surface area (Å²) in [5.41, 5.74) is 14.8. The Morgan fingerprint density at radius 1 is 0.356 bits per heavy atom. The van der Waals surface area contributed by atoms with Gasteiger partial charge in [0.2, 0.25) is 0 Å². The fourth-order valence-electron chi connectivity index (χ4n) is 9.34. The lowest BCUT2D eigenvalue weighted by molar-refractivity contribution is 1.16. The quantitative estimate of drug-likeness (QED) is 0.176. The second-order valence-corrected chi connectivity index (χ2v) is 15.1. The van der Waals surface area contributed by atoms with E-state index in [0.29, 0.717) is 5.56 Å². The molecule has 274 valence electrons. The van der Waals surface area contributed by atoms with Crippen LogP contribution in [0.5, 0.6) is 0 Å². The van der Waals surface area contributed by atoms with Crippen LogP contribution in [0.25, 0.3) is 105 Å². The van der Waals surface area contributed by atoms with Crippen molar-refractivity contribution in [1.29, 1.82) is 5.26 Å². The third-order valence-electron chi connectivity index (χ3n) is 12.0. The van der Waals surface area contributed by atoms with Crippen molar-refractivity contribution >= 4 is 65.4 Å². The van der Waals surface area contributed by atoms with Crippen LogP contribution >= 0.6 is 0 Å². The van der Waals surface area contributed by atoms with Crippen LogP contribution in [-0.2, 0) is 0 Å². The molecule has 12 aromatic rings. The van der Waals surface area contributed by atoms with Crippen LogP contribution in [-0.4, -0.2) is 18.7 Å². The molecule has 0 spiro atoms. The summed E-state index contributed by atoms with van der Waals surface area (Å²) < 4.78 is 7.16. The minimum atomic E-state index is 0.637. The normalized spacial score (nSPS) is 11.7. The molecule has 5 nitrogen and oxygen atoms in total. The van der Waals surface area contributed by atoms with Crippen molar-refractivity contribution in [3.05, 3.63) is 206 Å². The van der Waals surface area contributed by atoms with Gasteiger partial charge in [-0.2, -0.15) is 5.26 Å². The Labute approximate surface area is 339 Å². The first-order valence-corrected chi connectivity index (χ1v) is 19.8. The third-order valence-corrected chi connectivity index (χ3v) is 12.0. The number of aromatic nitrogens is 4. The lowest BCUT2D eigenvalue weighted by Crippen LogP contribution is -1.96. The van der Waals surface area contributed by atoms with Crippen molar-refractivity contribution < 1.29 is 0 Å². The Bertz CT molecular complexity index is 3390. The van der Waals surface area contributed by atoms with Crippen LogP contribution < -0.4 is 0 Å². The molecule has 0 aliphatic heterocycles. The van der Waals surface area contributed by atoms with E-state index in [4.69, 9.17) is 0 Å². The van der Waals surface area contributed by atoms with E-state index in [-0.39, 0.29) is 0 Å². The van der Waals surface area contributed by atoms with Crippen LogP contribution in [0, 0.1) is 11.3 Å². The van der Waals surface area contributed by atoms with E-state index in [2.05, 4.69) is 189 Å². The number of rotatable bonds is 5. The van der Waals surface area contributed by atoms with Gasteiger partial charge in [0, 0.05) is 72.9 Å². The lowest BCUT2D eigenvalue weighted by atomic mass is 9.95. The van der Waals surface area contributed by atoms with E-state index in [9.17, 15) is 5.26 Å². The number of pyridine rings is 1. The first kappa shape index (κ1) is 33.0. The number of para-hydroxylation sites is 4. The lowest BCUT2D eigenvalue weighted by Gasteiger charge is -2.12. The molecular weight excluding hydrogens is 719 g/mol. The zero-order valence-corrected chi connectivity index (χ0v) is 31.8. The highest BCUT2D eigenvalue weighted by Gasteiger charge is 2.19. The average molecular weight is 752 g/mol. The zero-order valence-electron chi connectivity index (χ0n) is 31.8. The molecule has 0 saturated heterocycles. The van der Waals surface area contributed by atoms with E-state index >= 15 is 0 Å². The van der Waals surface area contributed by atoms with Crippen molar-refractivity contribution in [2.75, 3.05) is 0 Å². The van der Waals surface area contributed by atoms with Gasteiger partial charge in [0.05, 0.1) is 44.7 Å². The van der Waals surface area contributed by atoms with Gasteiger partial charge >= 0.3 is 0 Å². The third kappa shape index (κ3) is 5.00. The Morgan fingerprint density at radius 3 is 1.27 bits per heavy atom.